The molecule has 1 fully saturated rings. The summed E-state index contributed by atoms with van der Waals surface area (Å²) in [5.41, 5.74) is 1.79. The van der Waals surface area contributed by atoms with Gasteiger partial charge in [0.1, 0.15) is 13.2 Å². The number of fused-ring (bicyclic) bond motifs is 1. The Bertz CT molecular complexity index is 482. The molecule has 0 spiro atoms. The highest BCUT2D eigenvalue weighted by Crippen LogP contribution is 2.57. The predicted octanol–water partition coefficient (Wildman–Crippen LogP) is 3.34. The summed E-state index contributed by atoms with van der Waals surface area (Å²) in [5, 5.41) is 3.50. The molecule has 2 unspecified atom stereocenters. The number of ether oxygens (including phenoxy) is 2. The maximum atomic E-state index is 5.73. The van der Waals surface area contributed by atoms with Gasteiger partial charge in [0.2, 0.25) is 0 Å². The highest BCUT2D eigenvalue weighted by atomic mass is 16.6. The minimum atomic E-state index is 0.387. The fourth-order valence-corrected chi connectivity index (χ4v) is 4.17. The fourth-order valence-electron chi connectivity index (χ4n) is 4.17. The molecular weight excluding hydrogens is 250 g/mol. The van der Waals surface area contributed by atoms with E-state index in [1.54, 1.807) is 0 Å². The molecule has 0 bridgehead atoms. The SMILES string of the molecule is CCC1(CC)C(NC)CC1c1ccc2c(c1)OCCO2. The third kappa shape index (κ3) is 1.91. The largest absolute Gasteiger partial charge is 0.486 e. The summed E-state index contributed by atoms with van der Waals surface area (Å²) in [5.74, 6) is 2.44. The summed E-state index contributed by atoms with van der Waals surface area (Å²) in [6, 6.07) is 7.14. The van der Waals surface area contributed by atoms with Crippen molar-refractivity contribution in [1.82, 2.24) is 5.32 Å². The first-order valence-electron chi connectivity index (χ1n) is 7.82. The Kier molecular flexibility index (Phi) is 3.63. The van der Waals surface area contributed by atoms with Gasteiger partial charge in [-0.25, -0.2) is 0 Å². The zero-order valence-corrected chi connectivity index (χ0v) is 12.7. The quantitative estimate of drug-likeness (QED) is 0.914. The fraction of sp³-hybridized carbons (Fsp3) is 0.647. The van der Waals surface area contributed by atoms with Crippen molar-refractivity contribution in [1.29, 1.82) is 0 Å². The Morgan fingerprint density at radius 3 is 2.50 bits per heavy atom. The van der Waals surface area contributed by atoms with E-state index in [0.29, 0.717) is 30.6 Å². The average Bonchev–Trinajstić information content (AvgIpc) is 2.48. The van der Waals surface area contributed by atoms with Crippen LogP contribution in [0.1, 0.15) is 44.6 Å². The first-order valence-corrected chi connectivity index (χ1v) is 7.82. The second-order valence-corrected chi connectivity index (χ2v) is 5.97. The van der Waals surface area contributed by atoms with E-state index >= 15 is 0 Å². The van der Waals surface area contributed by atoms with Gasteiger partial charge in [-0.15, -0.1) is 0 Å². The third-order valence-corrected chi connectivity index (χ3v) is 5.49. The average molecular weight is 275 g/mol. The van der Waals surface area contributed by atoms with E-state index in [-0.39, 0.29) is 0 Å². The van der Waals surface area contributed by atoms with Gasteiger partial charge in [-0.05, 0) is 55.3 Å². The van der Waals surface area contributed by atoms with Crippen LogP contribution < -0.4 is 14.8 Å². The molecular formula is C17H25NO2. The van der Waals surface area contributed by atoms with Crippen LogP contribution in [0.25, 0.3) is 0 Å². The molecule has 3 heteroatoms. The van der Waals surface area contributed by atoms with Crippen molar-refractivity contribution >= 4 is 0 Å². The highest BCUT2D eigenvalue weighted by molar-refractivity contribution is 5.46. The van der Waals surface area contributed by atoms with Gasteiger partial charge in [-0.2, -0.15) is 0 Å². The van der Waals surface area contributed by atoms with Gasteiger partial charge in [-0.1, -0.05) is 19.9 Å². The number of hydrogen-bond donors (Lipinski definition) is 1. The number of rotatable bonds is 4. The van der Waals surface area contributed by atoms with Crippen molar-refractivity contribution < 1.29 is 9.47 Å². The number of nitrogens with one attached hydrogen (secondary N) is 1. The van der Waals surface area contributed by atoms with Gasteiger partial charge >= 0.3 is 0 Å². The molecule has 1 saturated carbocycles. The molecule has 1 N–H and O–H groups in total. The Balaban J connectivity index is 1.89. The van der Waals surface area contributed by atoms with Gasteiger partial charge in [0.15, 0.2) is 11.5 Å². The van der Waals surface area contributed by atoms with Crippen LogP contribution in [-0.2, 0) is 0 Å². The first kappa shape index (κ1) is 13.7. The molecule has 0 amide bonds. The second kappa shape index (κ2) is 5.28. The standard InChI is InChI=1S/C17H25NO2/c1-4-17(5-2)13(11-16(17)18-3)12-6-7-14-15(10-12)20-9-8-19-14/h6-7,10,13,16,18H,4-5,8-9,11H2,1-3H3. The van der Waals surface area contributed by atoms with Crippen LogP contribution in [-0.4, -0.2) is 26.3 Å². The molecule has 1 aromatic carbocycles. The molecule has 3 rings (SSSR count). The van der Waals surface area contributed by atoms with Crippen LogP contribution in [0.2, 0.25) is 0 Å². The summed E-state index contributed by atoms with van der Waals surface area (Å²) in [4.78, 5) is 0. The molecule has 3 nitrogen and oxygen atoms in total. The molecule has 1 aromatic rings. The molecule has 20 heavy (non-hydrogen) atoms. The second-order valence-electron chi connectivity index (χ2n) is 5.97. The Morgan fingerprint density at radius 2 is 1.85 bits per heavy atom. The van der Waals surface area contributed by atoms with Gasteiger partial charge < -0.3 is 14.8 Å². The van der Waals surface area contributed by atoms with E-state index in [1.165, 1.54) is 24.8 Å². The Morgan fingerprint density at radius 1 is 1.15 bits per heavy atom. The molecule has 2 atom stereocenters. The van der Waals surface area contributed by atoms with Crippen molar-refractivity contribution in [2.45, 2.75) is 45.1 Å². The third-order valence-electron chi connectivity index (χ3n) is 5.49. The molecule has 1 aliphatic carbocycles. The van der Waals surface area contributed by atoms with Crippen molar-refractivity contribution in [2.24, 2.45) is 5.41 Å². The van der Waals surface area contributed by atoms with Crippen molar-refractivity contribution in [3.63, 3.8) is 0 Å². The van der Waals surface area contributed by atoms with E-state index in [1.807, 2.05) is 0 Å². The molecule has 0 aromatic heterocycles. The lowest BCUT2D eigenvalue weighted by atomic mass is 9.52. The van der Waals surface area contributed by atoms with Crippen LogP contribution in [0, 0.1) is 5.41 Å². The monoisotopic (exact) mass is 275 g/mol. The maximum absolute atomic E-state index is 5.73. The summed E-state index contributed by atoms with van der Waals surface area (Å²) in [7, 11) is 2.09. The van der Waals surface area contributed by atoms with Crippen LogP contribution in [0.3, 0.4) is 0 Å². The lowest BCUT2D eigenvalue weighted by Crippen LogP contribution is -2.57. The zero-order chi connectivity index (χ0) is 14.2. The zero-order valence-electron chi connectivity index (χ0n) is 12.7. The van der Waals surface area contributed by atoms with E-state index in [9.17, 15) is 0 Å². The van der Waals surface area contributed by atoms with E-state index in [4.69, 9.17) is 9.47 Å². The minimum absolute atomic E-state index is 0.387. The summed E-state index contributed by atoms with van der Waals surface area (Å²) >= 11 is 0. The highest BCUT2D eigenvalue weighted by Gasteiger charge is 2.52. The Labute approximate surface area is 121 Å². The summed E-state index contributed by atoms with van der Waals surface area (Å²) in [6.45, 7) is 5.95. The number of benzene rings is 1. The predicted molar refractivity (Wildman–Crippen MR) is 80.7 cm³/mol. The van der Waals surface area contributed by atoms with E-state index < -0.39 is 0 Å². The molecule has 0 radical (unpaired) electrons. The molecule has 0 saturated heterocycles. The van der Waals surface area contributed by atoms with Gasteiger partial charge in [0.25, 0.3) is 0 Å². The lowest BCUT2D eigenvalue weighted by Gasteiger charge is -2.56. The van der Waals surface area contributed by atoms with Crippen LogP contribution in [0.5, 0.6) is 11.5 Å². The maximum Gasteiger partial charge on any atom is 0.161 e. The lowest BCUT2D eigenvalue weighted by molar-refractivity contribution is 0.0243. The summed E-state index contributed by atoms with van der Waals surface area (Å²) in [6.07, 6.45) is 3.65. The van der Waals surface area contributed by atoms with Crippen LogP contribution in [0.4, 0.5) is 0 Å². The molecule has 1 aliphatic heterocycles. The number of hydrogen-bond acceptors (Lipinski definition) is 3. The Hall–Kier alpha value is -1.22. The first-order chi connectivity index (χ1) is 9.75. The molecule has 110 valence electrons. The van der Waals surface area contributed by atoms with Gasteiger partial charge in [-0.3, -0.25) is 0 Å². The van der Waals surface area contributed by atoms with Crippen LogP contribution >= 0.6 is 0 Å². The van der Waals surface area contributed by atoms with Gasteiger partial charge in [0, 0.05) is 6.04 Å². The summed E-state index contributed by atoms with van der Waals surface area (Å²) < 4.78 is 11.4. The van der Waals surface area contributed by atoms with Crippen molar-refractivity contribution in [3.8, 4) is 11.5 Å². The van der Waals surface area contributed by atoms with Crippen LogP contribution in [0.15, 0.2) is 18.2 Å². The van der Waals surface area contributed by atoms with Crippen molar-refractivity contribution in [2.75, 3.05) is 20.3 Å². The topological polar surface area (TPSA) is 30.5 Å². The normalized spacial score (nSPS) is 26.9. The molecule has 1 heterocycles. The van der Waals surface area contributed by atoms with E-state index in [0.717, 1.165) is 11.5 Å². The van der Waals surface area contributed by atoms with Crippen molar-refractivity contribution in [3.05, 3.63) is 23.8 Å². The minimum Gasteiger partial charge on any atom is -0.486 e. The van der Waals surface area contributed by atoms with Gasteiger partial charge in [0.05, 0.1) is 0 Å². The smallest absolute Gasteiger partial charge is 0.161 e. The molecule has 2 aliphatic rings. The van der Waals surface area contributed by atoms with E-state index in [2.05, 4.69) is 44.4 Å².